The van der Waals surface area contributed by atoms with Gasteiger partial charge in [0.15, 0.2) is 0 Å². The summed E-state index contributed by atoms with van der Waals surface area (Å²) in [7, 11) is 0. The molecule has 96 valence electrons. The largest absolute Gasteiger partial charge is 0.343 e. The lowest BCUT2D eigenvalue weighted by Gasteiger charge is -2.47. The molecule has 1 unspecified atom stereocenters. The van der Waals surface area contributed by atoms with Gasteiger partial charge >= 0.3 is 0 Å². The molecule has 4 nitrogen and oxygen atoms in total. The molecule has 1 aliphatic heterocycles. The molecule has 0 aromatic heterocycles. The highest BCUT2D eigenvalue weighted by Gasteiger charge is 2.42. The zero-order valence-electron chi connectivity index (χ0n) is 10.8. The molecule has 2 aliphatic rings. The minimum Gasteiger partial charge on any atom is -0.343 e. The highest BCUT2D eigenvalue weighted by atomic mass is 16.2. The number of piperazine rings is 1. The zero-order chi connectivity index (χ0) is 12.5. The van der Waals surface area contributed by atoms with Crippen molar-refractivity contribution < 1.29 is 9.59 Å². The Labute approximate surface area is 103 Å². The molecule has 0 radical (unpaired) electrons. The molecule has 0 spiro atoms. The van der Waals surface area contributed by atoms with Gasteiger partial charge in [-0.2, -0.15) is 0 Å². The Morgan fingerprint density at radius 1 is 1.29 bits per heavy atom. The molecule has 1 heterocycles. The number of hydrogen-bond donors (Lipinski definition) is 1. The topological polar surface area (TPSA) is 49.4 Å². The predicted molar refractivity (Wildman–Crippen MR) is 65.4 cm³/mol. The first kappa shape index (κ1) is 12.4. The molecule has 4 heteroatoms. The molecule has 0 aromatic rings. The molecule has 2 amide bonds. The Balaban J connectivity index is 2.17. The van der Waals surface area contributed by atoms with Crippen LogP contribution in [0.3, 0.4) is 0 Å². The van der Waals surface area contributed by atoms with Crippen LogP contribution in [0, 0.1) is 0 Å². The Morgan fingerprint density at radius 2 is 1.94 bits per heavy atom. The van der Waals surface area contributed by atoms with Gasteiger partial charge in [-0.15, -0.1) is 0 Å². The van der Waals surface area contributed by atoms with E-state index >= 15 is 0 Å². The number of amides is 2. The fourth-order valence-electron chi connectivity index (χ4n) is 3.03. The summed E-state index contributed by atoms with van der Waals surface area (Å²) in [5, 5.41) is 2.77. The molecule has 0 bridgehead atoms. The number of nitrogens with one attached hydrogen (secondary N) is 1. The van der Waals surface area contributed by atoms with Gasteiger partial charge in [0.1, 0.15) is 12.6 Å². The minimum absolute atomic E-state index is 0.0109. The summed E-state index contributed by atoms with van der Waals surface area (Å²) < 4.78 is 0. The predicted octanol–water partition coefficient (Wildman–Crippen LogP) is 1.45. The summed E-state index contributed by atoms with van der Waals surface area (Å²) in [5.41, 5.74) is -0.0967. The third kappa shape index (κ3) is 2.31. The number of nitrogens with zero attached hydrogens (tertiary/aromatic N) is 1. The van der Waals surface area contributed by atoms with Crippen molar-refractivity contribution >= 4 is 11.8 Å². The lowest BCUT2D eigenvalue weighted by Crippen LogP contribution is -2.64. The second kappa shape index (κ2) is 4.67. The van der Waals surface area contributed by atoms with Crippen LogP contribution in [0.15, 0.2) is 0 Å². The van der Waals surface area contributed by atoms with Gasteiger partial charge in [0.2, 0.25) is 11.8 Å². The first-order chi connectivity index (χ1) is 8.07. The van der Waals surface area contributed by atoms with Crippen molar-refractivity contribution in [2.45, 2.75) is 64.0 Å². The second-order valence-corrected chi connectivity index (χ2v) is 5.51. The van der Waals surface area contributed by atoms with E-state index < -0.39 is 0 Å². The second-order valence-electron chi connectivity index (χ2n) is 5.51. The van der Waals surface area contributed by atoms with Crippen LogP contribution in [-0.2, 0) is 9.59 Å². The number of carbonyl (C=O) groups excluding carboxylic acids is 2. The molecule has 1 N–H and O–H groups in total. The molecule has 1 atom stereocenters. The van der Waals surface area contributed by atoms with E-state index in [1.807, 2.05) is 11.8 Å². The summed E-state index contributed by atoms with van der Waals surface area (Å²) in [6.07, 6.45) is 6.32. The van der Waals surface area contributed by atoms with Gasteiger partial charge < -0.3 is 10.2 Å². The molecule has 0 aromatic carbocycles. The van der Waals surface area contributed by atoms with Gasteiger partial charge in [0.25, 0.3) is 0 Å². The lowest BCUT2D eigenvalue weighted by atomic mass is 9.81. The normalized spacial score (nSPS) is 29.1. The summed E-state index contributed by atoms with van der Waals surface area (Å²) in [6, 6.07) is -0.310. The Bertz CT molecular complexity index is 321. The van der Waals surface area contributed by atoms with Crippen LogP contribution in [0.5, 0.6) is 0 Å². The van der Waals surface area contributed by atoms with Crippen molar-refractivity contribution in [3.63, 3.8) is 0 Å². The van der Waals surface area contributed by atoms with Crippen LogP contribution in [-0.4, -0.2) is 34.8 Å². The smallest absolute Gasteiger partial charge is 0.246 e. The van der Waals surface area contributed by atoms with Crippen LogP contribution in [0.1, 0.15) is 52.4 Å². The number of hydrogen-bond acceptors (Lipinski definition) is 2. The molecule has 1 saturated carbocycles. The number of carbonyl (C=O) groups is 2. The van der Waals surface area contributed by atoms with E-state index in [1.54, 1.807) is 0 Å². The minimum atomic E-state index is -0.310. The average Bonchev–Trinajstić information content (AvgIpc) is 2.32. The molecular weight excluding hydrogens is 216 g/mol. The maximum Gasteiger partial charge on any atom is 0.246 e. The standard InChI is InChI=1S/C13H22N2O2/c1-3-10-12(17)15(9-11(16)14-10)13(2)7-5-4-6-8-13/h10H,3-9H2,1-2H3,(H,14,16). The fraction of sp³-hybridized carbons (Fsp3) is 0.846. The molecule has 2 rings (SSSR count). The van der Waals surface area contributed by atoms with E-state index in [2.05, 4.69) is 12.2 Å². The molecule has 1 aliphatic carbocycles. The van der Waals surface area contributed by atoms with E-state index in [-0.39, 0.29) is 29.9 Å². The average molecular weight is 238 g/mol. The van der Waals surface area contributed by atoms with E-state index in [0.717, 1.165) is 12.8 Å². The summed E-state index contributed by atoms with van der Waals surface area (Å²) in [6.45, 7) is 4.32. The molecular formula is C13H22N2O2. The third-order valence-electron chi connectivity index (χ3n) is 4.19. The van der Waals surface area contributed by atoms with Gasteiger partial charge in [0, 0.05) is 5.54 Å². The van der Waals surface area contributed by atoms with Gasteiger partial charge in [0.05, 0.1) is 0 Å². The van der Waals surface area contributed by atoms with Gasteiger partial charge in [-0.3, -0.25) is 9.59 Å². The highest BCUT2D eigenvalue weighted by Crippen LogP contribution is 2.34. The SMILES string of the molecule is CCC1NC(=O)CN(C2(C)CCCCC2)C1=O. The van der Waals surface area contributed by atoms with Crippen molar-refractivity contribution in [2.75, 3.05) is 6.54 Å². The van der Waals surface area contributed by atoms with Crippen LogP contribution in [0.2, 0.25) is 0 Å². The monoisotopic (exact) mass is 238 g/mol. The van der Waals surface area contributed by atoms with E-state index in [1.165, 1.54) is 19.3 Å². The molecule has 1 saturated heterocycles. The maximum absolute atomic E-state index is 12.3. The van der Waals surface area contributed by atoms with Crippen molar-refractivity contribution in [3.05, 3.63) is 0 Å². The van der Waals surface area contributed by atoms with Gasteiger partial charge in [-0.05, 0) is 26.2 Å². The first-order valence-corrected chi connectivity index (χ1v) is 6.68. The number of rotatable bonds is 2. The summed E-state index contributed by atoms with van der Waals surface area (Å²) in [4.78, 5) is 25.8. The van der Waals surface area contributed by atoms with Crippen molar-refractivity contribution in [3.8, 4) is 0 Å². The van der Waals surface area contributed by atoms with Crippen LogP contribution in [0.4, 0.5) is 0 Å². The maximum atomic E-state index is 12.3. The third-order valence-corrected chi connectivity index (χ3v) is 4.19. The highest BCUT2D eigenvalue weighted by molar-refractivity contribution is 5.95. The lowest BCUT2D eigenvalue weighted by molar-refractivity contribution is -0.151. The first-order valence-electron chi connectivity index (χ1n) is 6.68. The van der Waals surface area contributed by atoms with E-state index in [9.17, 15) is 9.59 Å². The van der Waals surface area contributed by atoms with Gasteiger partial charge in [-0.25, -0.2) is 0 Å². The Hall–Kier alpha value is -1.06. The van der Waals surface area contributed by atoms with E-state index in [0.29, 0.717) is 6.42 Å². The van der Waals surface area contributed by atoms with E-state index in [4.69, 9.17) is 0 Å². The van der Waals surface area contributed by atoms with Gasteiger partial charge in [-0.1, -0.05) is 26.2 Å². The Morgan fingerprint density at radius 3 is 2.53 bits per heavy atom. The van der Waals surface area contributed by atoms with Crippen LogP contribution < -0.4 is 5.32 Å². The molecule has 17 heavy (non-hydrogen) atoms. The molecule has 2 fully saturated rings. The summed E-state index contributed by atoms with van der Waals surface area (Å²) in [5.74, 6) is 0.0970. The van der Waals surface area contributed by atoms with Crippen molar-refractivity contribution in [1.82, 2.24) is 10.2 Å². The Kier molecular flexibility index (Phi) is 3.40. The quantitative estimate of drug-likeness (QED) is 0.791. The zero-order valence-corrected chi connectivity index (χ0v) is 10.8. The summed E-state index contributed by atoms with van der Waals surface area (Å²) >= 11 is 0. The fourth-order valence-corrected chi connectivity index (χ4v) is 3.03. The van der Waals surface area contributed by atoms with Crippen molar-refractivity contribution in [2.24, 2.45) is 0 Å². The van der Waals surface area contributed by atoms with Crippen molar-refractivity contribution in [1.29, 1.82) is 0 Å². The van der Waals surface area contributed by atoms with Crippen LogP contribution >= 0.6 is 0 Å². The van der Waals surface area contributed by atoms with Crippen LogP contribution in [0.25, 0.3) is 0 Å².